The van der Waals surface area contributed by atoms with Crippen molar-refractivity contribution in [2.45, 2.75) is 19.4 Å². The standard InChI is InChI=1S/C30H42Cl2N8O2/c1-33-7-11-39(4)12-8-36-20-27(19-34-2)42-29-14-23(13-28(38-29)24-15-25(31)17-26(32)16-24)21-40-9-5-22(6-10-40)18-37-30(41)35-3/h13-17,19-20,22,33H,2,5-12,18,21H2,1,3-4H3,(H2,35,37,41)/b27-19+,36-20-. The van der Waals surface area contributed by atoms with Crippen LogP contribution in [-0.2, 0) is 6.54 Å². The fourth-order valence-electron chi connectivity index (χ4n) is 4.58. The third-order valence-corrected chi connectivity index (χ3v) is 7.36. The second kappa shape index (κ2) is 17.8. The number of allylic oxidation sites excluding steroid dienone is 1. The summed E-state index contributed by atoms with van der Waals surface area (Å²) in [6.45, 7) is 10.1. The first kappa shape index (κ1) is 33.5. The number of carbonyl (C=O) groups excluding carboxylic acids is 1. The van der Waals surface area contributed by atoms with E-state index in [2.05, 4.69) is 49.5 Å². The number of hydrogen-bond donors (Lipinski definition) is 3. The average Bonchev–Trinajstić information content (AvgIpc) is 2.97. The number of piperidine rings is 1. The van der Waals surface area contributed by atoms with Crippen molar-refractivity contribution in [2.75, 3.05) is 67.0 Å². The molecule has 1 saturated heterocycles. The highest BCUT2D eigenvalue weighted by Crippen LogP contribution is 2.30. The molecule has 1 aliphatic rings. The van der Waals surface area contributed by atoms with E-state index >= 15 is 0 Å². The predicted octanol–water partition coefficient (Wildman–Crippen LogP) is 4.34. The Morgan fingerprint density at radius 3 is 2.57 bits per heavy atom. The summed E-state index contributed by atoms with van der Waals surface area (Å²) in [5.74, 6) is 1.31. The molecular formula is C30H42Cl2N8O2. The molecule has 1 aliphatic heterocycles. The lowest BCUT2D eigenvalue weighted by Gasteiger charge is -2.32. The minimum Gasteiger partial charge on any atom is -0.436 e. The van der Waals surface area contributed by atoms with Crippen LogP contribution < -0.4 is 20.7 Å². The summed E-state index contributed by atoms with van der Waals surface area (Å²) in [5, 5.41) is 9.73. The van der Waals surface area contributed by atoms with Crippen molar-refractivity contribution in [3.05, 3.63) is 57.9 Å². The van der Waals surface area contributed by atoms with Gasteiger partial charge >= 0.3 is 6.03 Å². The molecule has 3 rings (SSSR count). The van der Waals surface area contributed by atoms with E-state index in [9.17, 15) is 4.79 Å². The molecule has 0 spiro atoms. The summed E-state index contributed by atoms with van der Waals surface area (Å²) in [7, 11) is 5.63. The van der Waals surface area contributed by atoms with Crippen molar-refractivity contribution in [1.29, 1.82) is 0 Å². The summed E-state index contributed by atoms with van der Waals surface area (Å²) in [4.78, 5) is 29.3. The lowest BCUT2D eigenvalue weighted by atomic mass is 9.96. The van der Waals surface area contributed by atoms with Crippen LogP contribution in [0.4, 0.5) is 4.79 Å². The molecule has 1 aromatic carbocycles. The molecular weight excluding hydrogens is 575 g/mol. The van der Waals surface area contributed by atoms with Crippen LogP contribution in [0, 0.1) is 5.92 Å². The van der Waals surface area contributed by atoms with Gasteiger partial charge in [-0.15, -0.1) is 0 Å². The Morgan fingerprint density at radius 1 is 1.17 bits per heavy atom. The Balaban J connectivity index is 1.75. The van der Waals surface area contributed by atoms with Crippen LogP contribution in [0.2, 0.25) is 10.0 Å². The molecule has 12 heteroatoms. The Kier molecular flexibility index (Phi) is 14.2. The Labute approximate surface area is 259 Å². The fourth-order valence-corrected chi connectivity index (χ4v) is 5.10. The van der Waals surface area contributed by atoms with Crippen LogP contribution in [-0.4, -0.2) is 101 Å². The maximum absolute atomic E-state index is 11.5. The molecule has 228 valence electrons. The number of ether oxygens (including phenoxy) is 1. The smallest absolute Gasteiger partial charge is 0.314 e. The zero-order chi connectivity index (χ0) is 30.3. The lowest BCUT2D eigenvalue weighted by molar-refractivity contribution is 0.175. The van der Waals surface area contributed by atoms with Gasteiger partial charge in [-0.3, -0.25) is 14.9 Å². The van der Waals surface area contributed by atoms with Crippen molar-refractivity contribution in [3.8, 4) is 17.1 Å². The quantitative estimate of drug-likeness (QED) is 0.203. The minimum atomic E-state index is -0.141. The van der Waals surface area contributed by atoms with Gasteiger partial charge in [-0.2, -0.15) is 0 Å². The first-order valence-electron chi connectivity index (χ1n) is 14.1. The molecule has 0 saturated carbocycles. The van der Waals surface area contributed by atoms with E-state index < -0.39 is 0 Å². The number of likely N-dealkylation sites (N-methyl/N-ethyl adjacent to an activating group) is 2. The number of likely N-dealkylation sites (tertiary alicyclic amines) is 1. The molecule has 0 unspecified atom stereocenters. The third-order valence-electron chi connectivity index (χ3n) is 6.93. The number of benzene rings is 1. The molecule has 10 nitrogen and oxygen atoms in total. The SMILES string of the molecule is C=N/C=C(\C=N/CCN(C)CCNC)Oc1cc(CN2CCC(CNC(=O)NC)CC2)cc(-c2cc(Cl)cc(Cl)c2)n1. The largest absolute Gasteiger partial charge is 0.436 e. The van der Waals surface area contributed by atoms with Gasteiger partial charge in [0.2, 0.25) is 5.88 Å². The Bertz CT molecular complexity index is 1210. The molecule has 0 radical (unpaired) electrons. The summed E-state index contributed by atoms with van der Waals surface area (Å²) < 4.78 is 6.17. The first-order valence-corrected chi connectivity index (χ1v) is 14.9. The maximum atomic E-state index is 11.5. The van der Waals surface area contributed by atoms with Crippen molar-refractivity contribution in [3.63, 3.8) is 0 Å². The molecule has 1 aromatic heterocycles. The van der Waals surface area contributed by atoms with Gasteiger partial charge in [0, 0.05) is 61.4 Å². The van der Waals surface area contributed by atoms with Gasteiger partial charge in [-0.05, 0) is 82.5 Å². The van der Waals surface area contributed by atoms with Crippen molar-refractivity contribution in [2.24, 2.45) is 15.9 Å². The Morgan fingerprint density at radius 2 is 1.90 bits per heavy atom. The van der Waals surface area contributed by atoms with Gasteiger partial charge in [0.1, 0.15) is 0 Å². The van der Waals surface area contributed by atoms with E-state index in [-0.39, 0.29) is 6.03 Å². The van der Waals surface area contributed by atoms with Gasteiger partial charge in [-0.25, -0.2) is 9.78 Å². The number of rotatable bonds is 15. The van der Waals surface area contributed by atoms with Crippen molar-refractivity contribution < 1.29 is 9.53 Å². The molecule has 0 atom stereocenters. The molecule has 2 aromatic rings. The number of urea groups is 1. The van der Waals surface area contributed by atoms with Crippen molar-refractivity contribution >= 4 is 42.2 Å². The average molecular weight is 618 g/mol. The normalized spacial score (nSPS) is 14.9. The van der Waals surface area contributed by atoms with Gasteiger partial charge in [-0.1, -0.05) is 23.2 Å². The van der Waals surface area contributed by atoms with Crippen LogP contribution in [0.15, 0.2) is 52.3 Å². The van der Waals surface area contributed by atoms with Crippen LogP contribution in [0.1, 0.15) is 18.4 Å². The number of nitrogens with one attached hydrogen (secondary N) is 3. The fraction of sp³-hybridized carbons (Fsp3) is 0.467. The number of carbonyl (C=O) groups is 1. The number of aliphatic imine (C=N–C) groups is 2. The zero-order valence-electron chi connectivity index (χ0n) is 24.7. The number of amides is 2. The van der Waals surface area contributed by atoms with Crippen LogP contribution >= 0.6 is 23.2 Å². The molecule has 2 amide bonds. The number of pyridine rings is 1. The molecule has 0 aliphatic carbocycles. The van der Waals surface area contributed by atoms with E-state index in [0.717, 1.165) is 63.2 Å². The van der Waals surface area contributed by atoms with E-state index in [4.69, 9.17) is 32.9 Å². The summed E-state index contributed by atoms with van der Waals surface area (Å²) >= 11 is 12.6. The molecule has 42 heavy (non-hydrogen) atoms. The van der Waals surface area contributed by atoms with Gasteiger partial charge in [0.05, 0.1) is 24.7 Å². The monoisotopic (exact) mass is 616 g/mol. The first-order chi connectivity index (χ1) is 20.3. The third kappa shape index (κ3) is 11.7. The van der Waals surface area contributed by atoms with Crippen LogP contribution in [0.5, 0.6) is 5.88 Å². The topological polar surface area (TPSA) is 106 Å². The predicted molar refractivity (Wildman–Crippen MR) is 173 cm³/mol. The molecule has 3 N–H and O–H groups in total. The number of halogens is 2. The highest BCUT2D eigenvalue weighted by molar-refractivity contribution is 6.35. The van der Waals surface area contributed by atoms with Crippen LogP contribution in [0.25, 0.3) is 11.3 Å². The highest BCUT2D eigenvalue weighted by Gasteiger charge is 2.20. The summed E-state index contributed by atoms with van der Waals surface area (Å²) in [6, 6.07) is 9.20. The van der Waals surface area contributed by atoms with E-state index in [0.29, 0.717) is 46.4 Å². The number of aromatic nitrogens is 1. The van der Waals surface area contributed by atoms with Gasteiger partial charge in [0.25, 0.3) is 0 Å². The van der Waals surface area contributed by atoms with Gasteiger partial charge < -0.3 is 25.6 Å². The number of nitrogens with zero attached hydrogens (tertiary/aromatic N) is 5. The van der Waals surface area contributed by atoms with Gasteiger partial charge in [0.15, 0.2) is 5.76 Å². The zero-order valence-corrected chi connectivity index (χ0v) is 26.2. The molecule has 1 fully saturated rings. The summed E-state index contributed by atoms with van der Waals surface area (Å²) in [5.41, 5.74) is 2.54. The van der Waals surface area contributed by atoms with E-state index in [1.165, 1.54) is 6.20 Å². The lowest BCUT2D eigenvalue weighted by Crippen LogP contribution is -2.40. The molecule has 2 heterocycles. The second-order valence-corrected chi connectivity index (χ2v) is 11.2. The molecule has 0 bridgehead atoms. The van der Waals surface area contributed by atoms with E-state index in [1.807, 2.05) is 31.3 Å². The number of hydrogen-bond acceptors (Lipinski definition) is 8. The highest BCUT2D eigenvalue weighted by atomic mass is 35.5. The van der Waals surface area contributed by atoms with E-state index in [1.54, 1.807) is 19.3 Å². The summed E-state index contributed by atoms with van der Waals surface area (Å²) in [6.07, 6.45) is 5.19. The Hall–Kier alpha value is -3.02. The maximum Gasteiger partial charge on any atom is 0.314 e. The minimum absolute atomic E-state index is 0.141. The van der Waals surface area contributed by atoms with Crippen LogP contribution in [0.3, 0.4) is 0 Å². The van der Waals surface area contributed by atoms with Crippen molar-refractivity contribution in [1.82, 2.24) is 30.7 Å². The second-order valence-electron chi connectivity index (χ2n) is 10.3.